The van der Waals surface area contributed by atoms with Crippen molar-refractivity contribution >= 4 is 17.3 Å². The minimum Gasteiger partial charge on any atom is -0.388 e. The Labute approximate surface area is 272 Å². The average molecular weight is 619 g/mol. The molecule has 4 rings (SSSR count). The van der Waals surface area contributed by atoms with Gasteiger partial charge in [0.2, 0.25) is 0 Å². The molecule has 2 N–H and O–H groups in total. The fourth-order valence-corrected chi connectivity index (χ4v) is 7.14. The standard InChI is InChI=1S/C20H28O3.C20H30O2/c1-12-6-8-15-16(20(15,4)5)10-14(3)19(23)18(22)11-13(2)17(21)9-7-12;1-13-6-9-16-17(20(16,4)5)12-15(3)19(22)11-8-14(2)18(21)10-7-13/h7,10-11,15-16,18,22H,6,8-9H2,1-5H3;7-8,12,16-17,19,22H,6,9-11H2,1-5H3/b12-7-,13-11-,14-10-;13-7-,14-8-,15-12-. The summed E-state index contributed by atoms with van der Waals surface area (Å²) in [5.41, 5.74) is 5.95. The molecule has 0 aromatic rings. The topological polar surface area (TPSA) is 91.7 Å². The van der Waals surface area contributed by atoms with Crippen LogP contribution in [0.25, 0.3) is 0 Å². The van der Waals surface area contributed by atoms with Crippen LogP contribution in [0.5, 0.6) is 0 Å². The number of rotatable bonds is 0. The SMILES string of the molecule is C/C1=C/CC(=O)/C(C)=C\C(O)C(=O)/C(C)=C\C2C(CC1)C2(C)C.C/C1=C/CC(=O)/C(C)=C\CC(O)/C(C)=C\C2C(CC1)C2(C)C. The highest BCUT2D eigenvalue weighted by atomic mass is 16.3. The van der Waals surface area contributed by atoms with Crippen LogP contribution in [0.1, 0.15) is 114 Å². The summed E-state index contributed by atoms with van der Waals surface area (Å²) in [5, 5.41) is 20.4. The second kappa shape index (κ2) is 14.9. The van der Waals surface area contributed by atoms with E-state index in [2.05, 4.69) is 53.7 Å². The molecule has 0 bridgehead atoms. The fourth-order valence-electron chi connectivity index (χ4n) is 7.14. The number of fused-ring (bicyclic) bond motifs is 2. The third kappa shape index (κ3) is 9.45. The highest BCUT2D eigenvalue weighted by molar-refractivity contribution is 6.02. The second-order valence-electron chi connectivity index (χ2n) is 15.4. The maximum atomic E-state index is 12.3. The van der Waals surface area contributed by atoms with E-state index in [9.17, 15) is 24.6 Å². The molecule has 0 amide bonds. The molecule has 0 aromatic carbocycles. The monoisotopic (exact) mass is 618 g/mol. The summed E-state index contributed by atoms with van der Waals surface area (Å²) in [6.07, 6.45) is 15.5. The van der Waals surface area contributed by atoms with Crippen molar-refractivity contribution in [2.75, 3.05) is 0 Å². The van der Waals surface area contributed by atoms with Gasteiger partial charge in [0, 0.05) is 12.8 Å². The van der Waals surface area contributed by atoms with E-state index in [-0.39, 0.29) is 22.8 Å². The Bertz CT molecular complexity index is 1340. The number of ketones is 3. The minimum absolute atomic E-state index is 0.0421. The molecule has 0 radical (unpaired) electrons. The fraction of sp³-hybridized carbons (Fsp3) is 0.625. The normalized spacial score (nSPS) is 39.6. The zero-order chi connectivity index (χ0) is 33.9. The molecule has 5 heteroatoms. The molecule has 248 valence electrons. The van der Waals surface area contributed by atoms with Crippen molar-refractivity contribution in [2.45, 2.75) is 126 Å². The van der Waals surface area contributed by atoms with Gasteiger partial charge in [-0.15, -0.1) is 0 Å². The summed E-state index contributed by atoms with van der Waals surface area (Å²) < 4.78 is 0. The highest BCUT2D eigenvalue weighted by Crippen LogP contribution is 2.62. The van der Waals surface area contributed by atoms with Crippen LogP contribution in [0.3, 0.4) is 0 Å². The minimum atomic E-state index is -1.23. The average Bonchev–Trinajstić information content (AvgIpc) is 3.72. The summed E-state index contributed by atoms with van der Waals surface area (Å²) in [6, 6.07) is 0. The van der Waals surface area contributed by atoms with Gasteiger partial charge in [-0.25, -0.2) is 0 Å². The molecular weight excluding hydrogens is 560 g/mol. The molecule has 4 aliphatic carbocycles. The molecule has 45 heavy (non-hydrogen) atoms. The van der Waals surface area contributed by atoms with E-state index >= 15 is 0 Å². The van der Waals surface area contributed by atoms with Crippen LogP contribution >= 0.6 is 0 Å². The molecule has 4 aliphatic rings. The lowest BCUT2D eigenvalue weighted by Gasteiger charge is -2.10. The van der Waals surface area contributed by atoms with Crippen LogP contribution in [0, 0.1) is 34.5 Å². The van der Waals surface area contributed by atoms with Crippen molar-refractivity contribution in [3.63, 3.8) is 0 Å². The van der Waals surface area contributed by atoms with Gasteiger partial charge in [-0.3, -0.25) is 14.4 Å². The largest absolute Gasteiger partial charge is 0.388 e. The summed E-state index contributed by atoms with van der Waals surface area (Å²) in [5.74, 6) is 2.03. The third-order valence-electron chi connectivity index (χ3n) is 11.2. The molecule has 0 aromatic heterocycles. The Kier molecular flexibility index (Phi) is 12.2. The van der Waals surface area contributed by atoms with Gasteiger partial charge in [0.25, 0.3) is 0 Å². The Morgan fingerprint density at radius 2 is 1.09 bits per heavy atom. The first-order valence-electron chi connectivity index (χ1n) is 16.9. The van der Waals surface area contributed by atoms with Gasteiger partial charge in [-0.1, -0.05) is 69.2 Å². The van der Waals surface area contributed by atoms with Gasteiger partial charge >= 0.3 is 0 Å². The van der Waals surface area contributed by atoms with Crippen molar-refractivity contribution in [1.82, 2.24) is 0 Å². The number of Topliss-reactive ketones (excluding diaryl/α,β-unsaturated/α-hetero) is 3. The number of allylic oxidation sites excluding steroid dienone is 8. The molecule has 6 atom stereocenters. The van der Waals surface area contributed by atoms with E-state index in [1.807, 2.05) is 32.1 Å². The summed E-state index contributed by atoms with van der Waals surface area (Å²) in [4.78, 5) is 36.5. The third-order valence-corrected chi connectivity index (χ3v) is 11.2. The van der Waals surface area contributed by atoms with Crippen LogP contribution in [-0.2, 0) is 14.4 Å². The van der Waals surface area contributed by atoms with E-state index in [0.29, 0.717) is 59.5 Å². The second-order valence-corrected chi connectivity index (χ2v) is 15.4. The van der Waals surface area contributed by atoms with Gasteiger partial charge in [0.05, 0.1) is 6.10 Å². The lowest BCUT2D eigenvalue weighted by Crippen LogP contribution is -2.20. The summed E-state index contributed by atoms with van der Waals surface area (Å²) in [7, 11) is 0. The molecular formula is C40H58O5. The first kappa shape index (κ1) is 36.8. The van der Waals surface area contributed by atoms with Crippen LogP contribution in [0.15, 0.2) is 69.9 Å². The Morgan fingerprint density at radius 3 is 1.60 bits per heavy atom. The molecule has 0 aliphatic heterocycles. The van der Waals surface area contributed by atoms with Crippen molar-refractivity contribution in [3.8, 4) is 0 Å². The molecule has 0 spiro atoms. The van der Waals surface area contributed by atoms with Crippen molar-refractivity contribution in [3.05, 3.63) is 69.9 Å². The van der Waals surface area contributed by atoms with Gasteiger partial charge in [-0.05, 0) is 137 Å². The van der Waals surface area contributed by atoms with Gasteiger partial charge in [0.1, 0.15) is 6.10 Å². The van der Waals surface area contributed by atoms with Crippen LogP contribution in [0.2, 0.25) is 0 Å². The number of aliphatic hydroxyl groups is 2. The molecule has 0 heterocycles. The Hall–Kier alpha value is -2.63. The zero-order valence-corrected chi connectivity index (χ0v) is 29.5. The van der Waals surface area contributed by atoms with E-state index in [1.54, 1.807) is 13.8 Å². The number of carbonyl (C=O) groups excluding carboxylic acids is 3. The highest BCUT2D eigenvalue weighted by Gasteiger charge is 2.56. The molecule has 2 fully saturated rings. The molecule has 2 saturated carbocycles. The van der Waals surface area contributed by atoms with E-state index in [1.165, 1.54) is 23.6 Å². The number of hydrogen-bond donors (Lipinski definition) is 2. The Morgan fingerprint density at radius 1 is 0.622 bits per heavy atom. The summed E-state index contributed by atoms with van der Waals surface area (Å²) in [6.45, 7) is 20.6. The van der Waals surface area contributed by atoms with Gasteiger partial charge in [0.15, 0.2) is 17.3 Å². The van der Waals surface area contributed by atoms with Crippen LogP contribution in [-0.4, -0.2) is 39.8 Å². The van der Waals surface area contributed by atoms with Gasteiger partial charge < -0.3 is 10.2 Å². The zero-order valence-electron chi connectivity index (χ0n) is 29.5. The Balaban J connectivity index is 0.000000246. The summed E-state index contributed by atoms with van der Waals surface area (Å²) >= 11 is 0. The predicted octanol–water partition coefficient (Wildman–Crippen LogP) is 8.38. The van der Waals surface area contributed by atoms with Crippen LogP contribution < -0.4 is 0 Å². The van der Waals surface area contributed by atoms with Crippen molar-refractivity contribution in [1.29, 1.82) is 0 Å². The van der Waals surface area contributed by atoms with E-state index in [0.717, 1.165) is 30.4 Å². The smallest absolute Gasteiger partial charge is 0.190 e. The van der Waals surface area contributed by atoms with Gasteiger partial charge in [-0.2, -0.15) is 0 Å². The lowest BCUT2D eigenvalue weighted by atomic mass is 9.99. The van der Waals surface area contributed by atoms with Crippen LogP contribution in [0.4, 0.5) is 0 Å². The first-order valence-corrected chi connectivity index (χ1v) is 16.9. The van der Waals surface area contributed by atoms with Crippen molar-refractivity contribution < 1.29 is 24.6 Å². The molecule has 0 saturated heterocycles. The van der Waals surface area contributed by atoms with Crippen molar-refractivity contribution in [2.24, 2.45) is 34.5 Å². The lowest BCUT2D eigenvalue weighted by molar-refractivity contribution is -0.121. The maximum absolute atomic E-state index is 12.3. The molecule has 6 unspecified atom stereocenters. The van der Waals surface area contributed by atoms with E-state index < -0.39 is 12.2 Å². The number of hydrogen-bond acceptors (Lipinski definition) is 5. The first-order chi connectivity index (χ1) is 20.9. The quantitative estimate of drug-likeness (QED) is 0.266. The van der Waals surface area contributed by atoms with E-state index in [4.69, 9.17) is 0 Å². The molecule has 5 nitrogen and oxygen atoms in total. The predicted molar refractivity (Wildman–Crippen MR) is 183 cm³/mol. The number of carbonyl (C=O) groups is 3. The number of aliphatic hydroxyl groups excluding tert-OH is 2. The maximum Gasteiger partial charge on any atom is 0.190 e.